The minimum Gasteiger partial charge on any atom is -0.356 e. The fourth-order valence-corrected chi connectivity index (χ4v) is 3.37. The maximum atomic E-state index is 12.4. The fraction of sp³-hybridized carbons (Fsp3) is 0.250. The van der Waals surface area contributed by atoms with Gasteiger partial charge in [0.15, 0.2) is 0 Å². The van der Waals surface area contributed by atoms with E-state index in [4.69, 9.17) is 23.2 Å². The Morgan fingerprint density at radius 3 is 2.70 bits per heavy atom. The molecule has 0 aliphatic rings. The summed E-state index contributed by atoms with van der Waals surface area (Å²) in [6.45, 7) is 0.476. The quantitative estimate of drug-likeness (QED) is 0.684. The molecule has 5 nitrogen and oxygen atoms in total. The van der Waals surface area contributed by atoms with Crippen molar-refractivity contribution in [2.24, 2.45) is 7.05 Å². The van der Waals surface area contributed by atoms with Gasteiger partial charge < -0.3 is 5.32 Å². The largest absolute Gasteiger partial charge is 0.356 e. The van der Waals surface area contributed by atoms with Crippen LogP contribution in [0.3, 0.4) is 0 Å². The van der Waals surface area contributed by atoms with E-state index in [1.165, 1.54) is 4.57 Å². The third-order valence-corrected chi connectivity index (χ3v) is 4.97. The number of halogens is 2. The van der Waals surface area contributed by atoms with E-state index in [0.29, 0.717) is 46.2 Å². The zero-order valence-corrected chi connectivity index (χ0v) is 16.3. The number of para-hydroxylation sites is 1. The molecule has 0 fully saturated rings. The number of carbonyl (C=O) groups is 1. The van der Waals surface area contributed by atoms with E-state index in [0.717, 1.165) is 5.56 Å². The van der Waals surface area contributed by atoms with Crippen LogP contribution in [0, 0.1) is 0 Å². The van der Waals surface area contributed by atoms with Gasteiger partial charge in [-0.1, -0.05) is 41.4 Å². The molecule has 0 unspecified atom stereocenters. The number of aromatic nitrogens is 2. The van der Waals surface area contributed by atoms with Crippen LogP contribution in [0.15, 0.2) is 47.3 Å². The van der Waals surface area contributed by atoms with Gasteiger partial charge in [-0.2, -0.15) is 0 Å². The molecular weight excluding hydrogens is 385 g/mol. The van der Waals surface area contributed by atoms with Crippen LogP contribution in [0.4, 0.5) is 0 Å². The number of rotatable bonds is 6. The van der Waals surface area contributed by atoms with Crippen molar-refractivity contribution in [3.8, 4) is 0 Å². The molecule has 7 heteroatoms. The van der Waals surface area contributed by atoms with E-state index in [9.17, 15) is 9.59 Å². The van der Waals surface area contributed by atoms with Crippen molar-refractivity contribution >= 4 is 40.0 Å². The van der Waals surface area contributed by atoms with Gasteiger partial charge in [0.2, 0.25) is 5.91 Å². The van der Waals surface area contributed by atoms with Crippen LogP contribution < -0.4 is 10.9 Å². The SMILES string of the molecule is Cn1c(CCC(=O)NCCc2ccc(Cl)cc2Cl)nc2ccccc2c1=O. The lowest BCUT2D eigenvalue weighted by Gasteiger charge is -2.10. The highest BCUT2D eigenvalue weighted by Crippen LogP contribution is 2.21. The molecule has 0 atom stereocenters. The third kappa shape index (κ3) is 4.67. The molecule has 0 bridgehead atoms. The number of hydrogen-bond donors (Lipinski definition) is 1. The van der Waals surface area contributed by atoms with Crippen molar-refractivity contribution in [1.82, 2.24) is 14.9 Å². The first kappa shape index (κ1) is 19.4. The molecular formula is C20H19Cl2N3O2. The third-order valence-electron chi connectivity index (χ3n) is 4.38. The first-order valence-electron chi connectivity index (χ1n) is 8.61. The Kier molecular flexibility index (Phi) is 6.14. The van der Waals surface area contributed by atoms with Gasteiger partial charge >= 0.3 is 0 Å². The number of carbonyl (C=O) groups excluding carboxylic acids is 1. The number of nitrogens with one attached hydrogen (secondary N) is 1. The van der Waals surface area contributed by atoms with Gasteiger partial charge in [-0.05, 0) is 36.2 Å². The summed E-state index contributed by atoms with van der Waals surface area (Å²) >= 11 is 12.0. The van der Waals surface area contributed by atoms with Crippen LogP contribution in [-0.4, -0.2) is 22.0 Å². The van der Waals surface area contributed by atoms with Gasteiger partial charge in [0.25, 0.3) is 5.56 Å². The second kappa shape index (κ2) is 8.55. The van der Waals surface area contributed by atoms with Gasteiger partial charge in [0.1, 0.15) is 5.82 Å². The highest BCUT2D eigenvalue weighted by Gasteiger charge is 2.10. The standard InChI is InChI=1S/C20H19Cl2N3O2/c1-25-18(24-17-5-3-2-4-15(17)20(25)27)8-9-19(26)23-11-10-13-6-7-14(21)12-16(13)22/h2-7,12H,8-11H2,1H3,(H,23,26). The van der Waals surface area contributed by atoms with Crippen molar-refractivity contribution in [2.45, 2.75) is 19.3 Å². The summed E-state index contributed by atoms with van der Waals surface area (Å²) in [5, 5.41) is 4.62. The van der Waals surface area contributed by atoms with Gasteiger partial charge in [-0.15, -0.1) is 0 Å². The number of nitrogens with zero attached hydrogens (tertiary/aromatic N) is 2. The lowest BCUT2D eigenvalue weighted by molar-refractivity contribution is -0.121. The Morgan fingerprint density at radius 1 is 1.15 bits per heavy atom. The van der Waals surface area contributed by atoms with Crippen LogP contribution in [0.5, 0.6) is 0 Å². The Balaban J connectivity index is 1.57. The Morgan fingerprint density at radius 2 is 1.93 bits per heavy atom. The van der Waals surface area contributed by atoms with Crippen LogP contribution in [0.25, 0.3) is 10.9 Å². The summed E-state index contributed by atoms with van der Waals surface area (Å²) in [6.07, 6.45) is 1.27. The summed E-state index contributed by atoms with van der Waals surface area (Å²) in [4.78, 5) is 29.0. The lowest BCUT2D eigenvalue weighted by Crippen LogP contribution is -2.28. The maximum absolute atomic E-state index is 12.4. The highest BCUT2D eigenvalue weighted by molar-refractivity contribution is 6.35. The van der Waals surface area contributed by atoms with Crippen LogP contribution in [0.1, 0.15) is 17.8 Å². The first-order valence-corrected chi connectivity index (χ1v) is 9.36. The Labute approximate surface area is 166 Å². The molecule has 0 radical (unpaired) electrons. The molecule has 2 aromatic carbocycles. The summed E-state index contributed by atoms with van der Waals surface area (Å²) in [6, 6.07) is 12.5. The van der Waals surface area contributed by atoms with Crippen LogP contribution >= 0.6 is 23.2 Å². The van der Waals surface area contributed by atoms with E-state index in [2.05, 4.69) is 10.3 Å². The van der Waals surface area contributed by atoms with E-state index in [-0.39, 0.29) is 17.9 Å². The molecule has 0 saturated heterocycles. The number of fused-ring (bicyclic) bond motifs is 1. The summed E-state index contributed by atoms with van der Waals surface area (Å²) < 4.78 is 1.50. The van der Waals surface area contributed by atoms with E-state index in [1.807, 2.05) is 18.2 Å². The predicted molar refractivity (Wildman–Crippen MR) is 108 cm³/mol. The smallest absolute Gasteiger partial charge is 0.261 e. The molecule has 27 heavy (non-hydrogen) atoms. The minimum absolute atomic E-state index is 0.0949. The Bertz CT molecular complexity index is 1050. The summed E-state index contributed by atoms with van der Waals surface area (Å²) in [7, 11) is 1.68. The van der Waals surface area contributed by atoms with Crippen molar-refractivity contribution in [3.63, 3.8) is 0 Å². The van der Waals surface area contributed by atoms with Gasteiger partial charge in [0.05, 0.1) is 10.9 Å². The molecule has 0 spiro atoms. The highest BCUT2D eigenvalue weighted by atomic mass is 35.5. The summed E-state index contributed by atoms with van der Waals surface area (Å²) in [5.41, 5.74) is 1.47. The molecule has 140 valence electrons. The molecule has 3 rings (SSSR count). The first-order chi connectivity index (χ1) is 13.0. The van der Waals surface area contributed by atoms with E-state index >= 15 is 0 Å². The molecule has 1 aromatic heterocycles. The molecule has 0 saturated carbocycles. The normalized spacial score (nSPS) is 10.9. The molecule has 1 N–H and O–H groups in total. The van der Waals surface area contributed by atoms with Crippen LogP contribution in [0.2, 0.25) is 10.0 Å². The van der Waals surface area contributed by atoms with Crippen molar-refractivity contribution < 1.29 is 4.79 Å². The summed E-state index contributed by atoms with van der Waals surface area (Å²) in [5.74, 6) is 0.497. The van der Waals surface area contributed by atoms with Crippen LogP contribution in [-0.2, 0) is 24.7 Å². The minimum atomic E-state index is -0.103. The second-order valence-corrected chi connectivity index (χ2v) is 7.09. The van der Waals surface area contributed by atoms with E-state index in [1.54, 1.807) is 31.3 Å². The zero-order valence-electron chi connectivity index (χ0n) is 14.8. The maximum Gasteiger partial charge on any atom is 0.261 e. The van der Waals surface area contributed by atoms with Gasteiger partial charge in [-0.25, -0.2) is 4.98 Å². The van der Waals surface area contributed by atoms with Gasteiger partial charge in [-0.3, -0.25) is 14.2 Å². The molecule has 1 heterocycles. The predicted octanol–water partition coefficient (Wildman–Crippen LogP) is 3.53. The average molecular weight is 404 g/mol. The topological polar surface area (TPSA) is 64.0 Å². The second-order valence-electron chi connectivity index (χ2n) is 6.25. The van der Waals surface area contributed by atoms with Crippen molar-refractivity contribution in [2.75, 3.05) is 6.54 Å². The number of hydrogen-bond acceptors (Lipinski definition) is 3. The molecule has 0 aliphatic heterocycles. The monoisotopic (exact) mass is 403 g/mol. The van der Waals surface area contributed by atoms with Crippen molar-refractivity contribution in [1.29, 1.82) is 0 Å². The van der Waals surface area contributed by atoms with E-state index < -0.39 is 0 Å². The Hall–Kier alpha value is -2.37. The fourth-order valence-electron chi connectivity index (χ4n) is 2.86. The number of benzene rings is 2. The number of aryl methyl sites for hydroxylation is 1. The zero-order chi connectivity index (χ0) is 19.4. The molecule has 1 amide bonds. The van der Waals surface area contributed by atoms with Crippen molar-refractivity contribution in [3.05, 3.63) is 74.3 Å². The number of amides is 1. The average Bonchev–Trinajstić information content (AvgIpc) is 2.65. The van der Waals surface area contributed by atoms with Gasteiger partial charge in [0, 0.05) is 36.5 Å². The molecule has 0 aliphatic carbocycles. The molecule has 3 aromatic rings. The lowest BCUT2D eigenvalue weighted by atomic mass is 10.1.